The Morgan fingerprint density at radius 2 is 2.12 bits per heavy atom. The number of nitrogens with one attached hydrogen (secondary N) is 1. The van der Waals surface area contributed by atoms with Crippen molar-refractivity contribution in [3.63, 3.8) is 0 Å². The maximum atomic E-state index is 14.6. The molecule has 2 aliphatic rings. The highest BCUT2D eigenvalue weighted by Crippen LogP contribution is 2.32. The lowest BCUT2D eigenvalue weighted by molar-refractivity contribution is 0.0216. The van der Waals surface area contributed by atoms with Gasteiger partial charge in [-0.05, 0) is 37.8 Å². The molecule has 2 aromatic rings. The molecular formula is C23H26ClFN4O4. The van der Waals surface area contributed by atoms with Gasteiger partial charge in [-0.3, -0.25) is 13.9 Å². The molecule has 8 nitrogen and oxygen atoms in total. The number of anilines is 2. The normalized spacial score (nSPS) is 17.2. The lowest BCUT2D eigenvalue weighted by Gasteiger charge is -2.25. The lowest BCUT2D eigenvalue weighted by atomic mass is 9.96. The van der Waals surface area contributed by atoms with Crippen LogP contribution < -0.4 is 21.5 Å². The van der Waals surface area contributed by atoms with Crippen molar-refractivity contribution in [3.05, 3.63) is 55.4 Å². The Morgan fingerprint density at radius 3 is 2.79 bits per heavy atom. The van der Waals surface area contributed by atoms with Crippen LogP contribution in [0.3, 0.4) is 0 Å². The highest BCUT2D eigenvalue weighted by molar-refractivity contribution is 6.30. The first-order valence-corrected chi connectivity index (χ1v) is 11.3. The molecule has 2 N–H and O–H groups in total. The van der Waals surface area contributed by atoms with Crippen LogP contribution in [-0.4, -0.2) is 39.7 Å². The molecule has 0 saturated heterocycles. The summed E-state index contributed by atoms with van der Waals surface area (Å²) in [4.78, 5) is 27.7. The summed E-state index contributed by atoms with van der Waals surface area (Å²) in [6.45, 7) is 0.271. The summed E-state index contributed by atoms with van der Waals surface area (Å²) in [5.74, 6) is 5.88. The quantitative estimate of drug-likeness (QED) is 0.595. The van der Waals surface area contributed by atoms with Crippen molar-refractivity contribution in [2.75, 3.05) is 23.4 Å². The molecule has 1 unspecified atom stereocenters. The first kappa shape index (κ1) is 23.4. The van der Waals surface area contributed by atoms with Crippen LogP contribution in [0.2, 0.25) is 5.02 Å². The third-order valence-corrected chi connectivity index (χ3v) is 6.20. The summed E-state index contributed by atoms with van der Waals surface area (Å²) < 4.78 is 22.7. The number of aromatic nitrogens is 2. The number of ether oxygens (including phenoxy) is 1. The summed E-state index contributed by atoms with van der Waals surface area (Å²) >= 11 is 5.89. The average Bonchev–Trinajstić information content (AvgIpc) is 3.11. The van der Waals surface area contributed by atoms with Crippen LogP contribution in [0.25, 0.3) is 0 Å². The summed E-state index contributed by atoms with van der Waals surface area (Å²) in [5.41, 5.74) is -0.456. The van der Waals surface area contributed by atoms with Crippen molar-refractivity contribution in [1.29, 1.82) is 0 Å². The fourth-order valence-electron chi connectivity index (χ4n) is 3.93. The maximum Gasteiger partial charge on any atom is 0.332 e. The minimum Gasteiger partial charge on any atom is -0.396 e. The number of aliphatic hydroxyl groups excluding tert-OH is 1. The Kier molecular flexibility index (Phi) is 7.08. The zero-order valence-corrected chi connectivity index (χ0v) is 19.1. The fourth-order valence-corrected chi connectivity index (χ4v) is 4.09. The average molecular weight is 477 g/mol. The summed E-state index contributed by atoms with van der Waals surface area (Å²) in [7, 11) is 1.55. The molecule has 33 heavy (non-hydrogen) atoms. The Balaban J connectivity index is 1.70. The van der Waals surface area contributed by atoms with Crippen LogP contribution in [0.1, 0.15) is 31.2 Å². The van der Waals surface area contributed by atoms with Crippen LogP contribution >= 0.6 is 11.6 Å². The molecule has 1 aromatic carbocycles. The van der Waals surface area contributed by atoms with E-state index in [0.717, 1.165) is 23.8 Å². The van der Waals surface area contributed by atoms with Crippen molar-refractivity contribution in [3.8, 4) is 11.8 Å². The minimum absolute atomic E-state index is 0.0687. The van der Waals surface area contributed by atoms with Crippen LogP contribution in [0.4, 0.5) is 15.9 Å². The highest BCUT2D eigenvalue weighted by Gasteiger charge is 2.34. The van der Waals surface area contributed by atoms with Crippen LogP contribution in [-0.2, 0) is 24.9 Å². The first-order chi connectivity index (χ1) is 15.9. The third kappa shape index (κ3) is 4.78. The van der Waals surface area contributed by atoms with Gasteiger partial charge in [-0.15, -0.1) is 0 Å². The zero-order valence-electron chi connectivity index (χ0n) is 18.3. The fraction of sp³-hybridized carbons (Fsp3) is 0.478. The SMILES string of the molecule is Cn1c2c(c(=O)n(CCCO)c1=O)NC(C#CCOC1CCC1)N2Cc1ccc(Cl)cc1F. The molecule has 0 spiro atoms. The van der Waals surface area contributed by atoms with E-state index in [1.165, 1.54) is 10.6 Å². The number of hydrogen-bond acceptors (Lipinski definition) is 6. The summed E-state index contributed by atoms with van der Waals surface area (Å²) in [6, 6.07) is 4.38. The van der Waals surface area contributed by atoms with E-state index in [9.17, 15) is 14.0 Å². The molecule has 1 fully saturated rings. The Bertz CT molecular complexity index is 1210. The van der Waals surface area contributed by atoms with E-state index in [2.05, 4.69) is 17.2 Å². The standard InChI is InChI=1S/C23H26ClFN4O4/c1-27-21-20(22(31)28(23(27)32)10-4-11-30)26-19(7-3-12-33-17-5-2-6-17)29(21)14-15-8-9-16(24)13-18(15)25/h8-9,13,17,19,26,30H,2,4-6,10-12,14H2,1H3. The molecule has 1 saturated carbocycles. The highest BCUT2D eigenvalue weighted by atomic mass is 35.5. The van der Waals surface area contributed by atoms with E-state index in [-0.39, 0.29) is 49.5 Å². The minimum atomic E-state index is -0.660. The van der Waals surface area contributed by atoms with Crippen LogP contribution in [0, 0.1) is 17.7 Å². The van der Waals surface area contributed by atoms with E-state index >= 15 is 0 Å². The van der Waals surface area contributed by atoms with Gasteiger partial charge >= 0.3 is 5.69 Å². The third-order valence-electron chi connectivity index (χ3n) is 5.96. The Morgan fingerprint density at radius 1 is 1.33 bits per heavy atom. The largest absolute Gasteiger partial charge is 0.396 e. The van der Waals surface area contributed by atoms with Crippen LogP contribution in [0.5, 0.6) is 0 Å². The van der Waals surface area contributed by atoms with Gasteiger partial charge in [0.1, 0.15) is 23.9 Å². The predicted octanol–water partition coefficient (Wildman–Crippen LogP) is 2.05. The van der Waals surface area contributed by atoms with Gasteiger partial charge in [-0.25, -0.2) is 9.18 Å². The lowest BCUT2D eigenvalue weighted by Crippen LogP contribution is -2.41. The van der Waals surface area contributed by atoms with Gasteiger partial charge < -0.3 is 20.1 Å². The number of nitrogens with zero attached hydrogens (tertiary/aromatic N) is 3. The van der Waals surface area contributed by atoms with E-state index in [1.54, 1.807) is 24.1 Å². The second-order valence-electron chi connectivity index (χ2n) is 8.17. The first-order valence-electron chi connectivity index (χ1n) is 10.9. The van der Waals surface area contributed by atoms with Gasteiger partial charge in [0.05, 0.1) is 12.6 Å². The molecule has 1 aliphatic carbocycles. The van der Waals surface area contributed by atoms with E-state index in [1.807, 2.05) is 0 Å². The number of hydrogen-bond donors (Lipinski definition) is 2. The van der Waals surface area contributed by atoms with Gasteiger partial charge in [-0.1, -0.05) is 29.5 Å². The number of aliphatic hydroxyl groups is 1. The van der Waals surface area contributed by atoms with Crippen molar-refractivity contribution >= 4 is 23.1 Å². The molecule has 10 heteroatoms. The van der Waals surface area contributed by atoms with Gasteiger partial charge in [0.25, 0.3) is 5.56 Å². The molecule has 0 amide bonds. The molecule has 4 rings (SSSR count). The van der Waals surface area contributed by atoms with Gasteiger partial charge in [0.2, 0.25) is 0 Å². The second-order valence-corrected chi connectivity index (χ2v) is 8.61. The molecule has 0 radical (unpaired) electrons. The smallest absolute Gasteiger partial charge is 0.332 e. The van der Waals surface area contributed by atoms with Crippen molar-refractivity contribution in [1.82, 2.24) is 9.13 Å². The van der Waals surface area contributed by atoms with E-state index < -0.39 is 23.2 Å². The molecule has 2 heterocycles. The van der Waals surface area contributed by atoms with Gasteiger partial charge in [0, 0.05) is 30.8 Å². The molecule has 1 aliphatic heterocycles. The molecule has 1 atom stereocenters. The number of benzene rings is 1. The zero-order chi connectivity index (χ0) is 23.5. The van der Waals surface area contributed by atoms with Gasteiger partial charge in [0.15, 0.2) is 6.17 Å². The molecule has 176 valence electrons. The van der Waals surface area contributed by atoms with Crippen molar-refractivity contribution in [2.45, 2.75) is 51.0 Å². The summed E-state index contributed by atoms with van der Waals surface area (Å²) in [6.07, 6.45) is 3.08. The molecular weight excluding hydrogens is 451 g/mol. The second kappa shape index (κ2) is 10.00. The maximum absolute atomic E-state index is 14.6. The number of halogens is 2. The van der Waals surface area contributed by atoms with Crippen LogP contribution in [0.15, 0.2) is 27.8 Å². The Hall–Kier alpha value is -2.80. The van der Waals surface area contributed by atoms with Crippen molar-refractivity contribution < 1.29 is 14.2 Å². The molecule has 0 bridgehead atoms. The van der Waals surface area contributed by atoms with Crippen molar-refractivity contribution in [2.24, 2.45) is 7.05 Å². The predicted molar refractivity (Wildman–Crippen MR) is 124 cm³/mol. The van der Waals surface area contributed by atoms with E-state index in [4.69, 9.17) is 21.4 Å². The van der Waals surface area contributed by atoms with Gasteiger partial charge in [-0.2, -0.15) is 0 Å². The number of rotatable bonds is 7. The topological polar surface area (TPSA) is 88.7 Å². The Labute approximate surface area is 195 Å². The monoisotopic (exact) mass is 476 g/mol. The number of fused-ring (bicyclic) bond motifs is 1. The summed E-state index contributed by atoms with van der Waals surface area (Å²) in [5, 5.41) is 12.5. The molecule has 1 aromatic heterocycles. The van der Waals surface area contributed by atoms with E-state index in [0.29, 0.717) is 11.4 Å².